The second-order valence-electron chi connectivity index (χ2n) is 9.29. The van der Waals surface area contributed by atoms with Crippen LogP contribution in [0.15, 0.2) is 47.5 Å². The average Bonchev–Trinajstić information content (AvgIpc) is 2.89. The number of nitrogens with zero attached hydrogens (tertiary/aromatic N) is 4. The third kappa shape index (κ3) is 4.08. The molecule has 0 radical (unpaired) electrons. The summed E-state index contributed by atoms with van der Waals surface area (Å²) in [4.78, 5) is 27.3. The summed E-state index contributed by atoms with van der Waals surface area (Å²) in [5.41, 5.74) is 4.02. The van der Waals surface area contributed by atoms with Gasteiger partial charge in [0.2, 0.25) is 0 Å². The number of pyridine rings is 1. The minimum atomic E-state index is -0.756. The number of fused-ring (bicyclic) bond motifs is 2. The van der Waals surface area contributed by atoms with Crippen LogP contribution in [0.5, 0.6) is 0 Å². The van der Waals surface area contributed by atoms with Crippen molar-refractivity contribution in [2.24, 2.45) is 0 Å². The fraction of sp³-hybridized carbons (Fsp3) is 0.333. The zero-order chi connectivity index (χ0) is 24.8. The smallest absolute Gasteiger partial charge is 0.263 e. The second kappa shape index (κ2) is 9.15. The van der Waals surface area contributed by atoms with Gasteiger partial charge in [-0.15, -0.1) is 0 Å². The quantitative estimate of drug-likeness (QED) is 0.422. The van der Waals surface area contributed by atoms with E-state index in [1.807, 2.05) is 19.1 Å². The molecule has 1 aromatic carbocycles. The molecular formula is C27H24F2N4O3. The Kier molecular flexibility index (Phi) is 5.81. The van der Waals surface area contributed by atoms with E-state index in [0.717, 1.165) is 17.3 Å². The second-order valence-corrected chi connectivity index (χ2v) is 9.29. The Morgan fingerprint density at radius 1 is 1.11 bits per heavy atom. The van der Waals surface area contributed by atoms with E-state index in [1.54, 1.807) is 12.4 Å². The maximum atomic E-state index is 15.0. The lowest BCUT2D eigenvalue weighted by atomic mass is 9.89. The van der Waals surface area contributed by atoms with E-state index in [4.69, 9.17) is 19.4 Å². The zero-order valence-electron chi connectivity index (χ0n) is 19.7. The highest BCUT2D eigenvalue weighted by Crippen LogP contribution is 2.38. The van der Waals surface area contributed by atoms with Crippen LogP contribution in [-0.2, 0) is 22.5 Å². The maximum absolute atomic E-state index is 15.0. The molecule has 4 aromatic rings. The minimum Gasteiger partial charge on any atom is -0.376 e. The first-order valence-electron chi connectivity index (χ1n) is 12.0. The number of aromatic nitrogens is 4. The van der Waals surface area contributed by atoms with E-state index in [1.165, 1.54) is 16.5 Å². The normalized spacial score (nSPS) is 19.9. The lowest BCUT2D eigenvalue weighted by Crippen LogP contribution is -2.28. The van der Waals surface area contributed by atoms with Crippen LogP contribution < -0.4 is 5.56 Å². The number of benzene rings is 1. The molecule has 0 bridgehead atoms. The molecule has 0 unspecified atom stereocenters. The highest BCUT2D eigenvalue weighted by atomic mass is 19.1. The van der Waals surface area contributed by atoms with Crippen LogP contribution in [0.2, 0.25) is 0 Å². The summed E-state index contributed by atoms with van der Waals surface area (Å²) in [6.45, 7) is 3.09. The predicted octanol–water partition coefficient (Wildman–Crippen LogP) is 4.45. The number of hydrogen-bond donors (Lipinski definition) is 0. The number of halogens is 2. The van der Waals surface area contributed by atoms with Crippen LogP contribution in [-0.4, -0.2) is 32.6 Å². The molecule has 1 fully saturated rings. The molecule has 0 amide bonds. The largest absolute Gasteiger partial charge is 0.376 e. The summed E-state index contributed by atoms with van der Waals surface area (Å²) in [5, 5.41) is 0. The van der Waals surface area contributed by atoms with Crippen molar-refractivity contribution < 1.29 is 18.3 Å². The standard InChI is InChI=1S/C27H24F2N4O3/c1-15-10-17(4-7-30-15)24-11-16(5-9-36-24)23-13-33-26(32-22-6-8-35-14-20(22)27(33)34)25(31-23)19-3-2-18(28)12-21(19)29/h2-4,7,10,12-13,16,24H,5-6,8-9,11,14H2,1H3/t16-,24+/m1/s1. The third-order valence-corrected chi connectivity index (χ3v) is 6.92. The molecule has 0 aliphatic carbocycles. The predicted molar refractivity (Wildman–Crippen MR) is 128 cm³/mol. The Labute approximate surface area is 205 Å². The van der Waals surface area contributed by atoms with Crippen LogP contribution in [0.1, 0.15) is 53.1 Å². The topological polar surface area (TPSA) is 78.6 Å². The molecule has 9 heteroatoms. The van der Waals surface area contributed by atoms with E-state index < -0.39 is 11.6 Å². The van der Waals surface area contributed by atoms with Gasteiger partial charge in [-0.2, -0.15) is 0 Å². The lowest BCUT2D eigenvalue weighted by Gasteiger charge is -2.30. The first-order chi connectivity index (χ1) is 17.5. The van der Waals surface area contributed by atoms with Gasteiger partial charge in [0.15, 0.2) is 5.65 Å². The van der Waals surface area contributed by atoms with Gasteiger partial charge in [0.05, 0.1) is 36.3 Å². The molecule has 2 atom stereocenters. The van der Waals surface area contributed by atoms with Crippen LogP contribution >= 0.6 is 0 Å². The van der Waals surface area contributed by atoms with Gasteiger partial charge in [-0.3, -0.25) is 14.2 Å². The molecule has 0 N–H and O–H groups in total. The van der Waals surface area contributed by atoms with Gasteiger partial charge < -0.3 is 9.47 Å². The van der Waals surface area contributed by atoms with E-state index in [0.29, 0.717) is 49.4 Å². The van der Waals surface area contributed by atoms with Crippen molar-refractivity contribution in [3.63, 3.8) is 0 Å². The molecule has 36 heavy (non-hydrogen) atoms. The Balaban J connectivity index is 1.51. The van der Waals surface area contributed by atoms with Gasteiger partial charge in [-0.05, 0) is 49.6 Å². The third-order valence-electron chi connectivity index (χ3n) is 6.92. The van der Waals surface area contributed by atoms with Crippen molar-refractivity contribution in [3.8, 4) is 11.3 Å². The summed E-state index contributed by atoms with van der Waals surface area (Å²) >= 11 is 0. The summed E-state index contributed by atoms with van der Waals surface area (Å²) in [6.07, 6.45) is 5.14. The lowest BCUT2D eigenvalue weighted by molar-refractivity contribution is 0.00451. The highest BCUT2D eigenvalue weighted by Gasteiger charge is 2.29. The number of hydrogen-bond acceptors (Lipinski definition) is 6. The zero-order valence-corrected chi connectivity index (χ0v) is 19.7. The molecule has 6 rings (SSSR count). The fourth-order valence-electron chi connectivity index (χ4n) is 5.06. The van der Waals surface area contributed by atoms with Gasteiger partial charge in [0.1, 0.15) is 17.3 Å². The van der Waals surface area contributed by atoms with Crippen LogP contribution in [0.25, 0.3) is 16.9 Å². The Bertz CT molecular complexity index is 1540. The molecule has 1 saturated heterocycles. The highest BCUT2D eigenvalue weighted by molar-refractivity contribution is 5.74. The van der Waals surface area contributed by atoms with Crippen molar-refractivity contribution in [1.29, 1.82) is 0 Å². The first kappa shape index (κ1) is 22.9. The Hall–Kier alpha value is -3.56. The number of aryl methyl sites for hydroxylation is 1. The summed E-state index contributed by atoms with van der Waals surface area (Å²) in [6, 6.07) is 7.29. The molecule has 2 aliphatic heterocycles. The van der Waals surface area contributed by atoms with Crippen LogP contribution in [0.4, 0.5) is 8.78 Å². The minimum absolute atomic E-state index is 0.0388. The Morgan fingerprint density at radius 2 is 2.00 bits per heavy atom. The summed E-state index contributed by atoms with van der Waals surface area (Å²) in [7, 11) is 0. The molecule has 5 heterocycles. The molecule has 184 valence electrons. The van der Waals surface area contributed by atoms with Crippen molar-refractivity contribution in [2.45, 2.75) is 44.8 Å². The van der Waals surface area contributed by atoms with Crippen molar-refractivity contribution in [2.75, 3.05) is 13.2 Å². The van der Waals surface area contributed by atoms with Gasteiger partial charge in [-0.1, -0.05) is 0 Å². The van der Waals surface area contributed by atoms with E-state index in [-0.39, 0.29) is 41.1 Å². The number of rotatable bonds is 3. The number of ether oxygens (including phenoxy) is 2. The molecular weight excluding hydrogens is 466 g/mol. The van der Waals surface area contributed by atoms with Crippen molar-refractivity contribution in [3.05, 3.63) is 92.9 Å². The fourth-order valence-corrected chi connectivity index (χ4v) is 5.06. The summed E-state index contributed by atoms with van der Waals surface area (Å²) in [5.74, 6) is -1.48. The molecule has 0 spiro atoms. The van der Waals surface area contributed by atoms with Gasteiger partial charge >= 0.3 is 0 Å². The average molecular weight is 491 g/mol. The van der Waals surface area contributed by atoms with Crippen molar-refractivity contribution >= 4 is 5.65 Å². The van der Waals surface area contributed by atoms with Crippen LogP contribution in [0.3, 0.4) is 0 Å². The molecule has 2 aliphatic rings. The van der Waals surface area contributed by atoms with Gasteiger partial charge in [0, 0.05) is 48.7 Å². The van der Waals surface area contributed by atoms with Crippen LogP contribution in [0, 0.1) is 18.6 Å². The molecule has 7 nitrogen and oxygen atoms in total. The van der Waals surface area contributed by atoms with E-state index in [9.17, 15) is 13.6 Å². The van der Waals surface area contributed by atoms with Gasteiger partial charge in [-0.25, -0.2) is 18.7 Å². The maximum Gasteiger partial charge on any atom is 0.263 e. The first-order valence-corrected chi connectivity index (χ1v) is 12.0. The van der Waals surface area contributed by atoms with Crippen molar-refractivity contribution in [1.82, 2.24) is 19.4 Å². The SMILES string of the molecule is Cc1cc([C@@H]2C[C@H](c3cn4c(=O)c5c(nc4c(-c4ccc(F)cc4F)n3)CCOC5)CCO2)ccn1. The summed E-state index contributed by atoms with van der Waals surface area (Å²) < 4.78 is 41.7. The molecule has 0 saturated carbocycles. The van der Waals surface area contributed by atoms with Gasteiger partial charge in [0.25, 0.3) is 5.56 Å². The Morgan fingerprint density at radius 3 is 2.83 bits per heavy atom. The molecule has 3 aromatic heterocycles. The van der Waals surface area contributed by atoms with E-state index in [2.05, 4.69) is 4.98 Å². The monoisotopic (exact) mass is 490 g/mol. The van der Waals surface area contributed by atoms with E-state index >= 15 is 0 Å².